The third-order valence-corrected chi connectivity index (χ3v) is 5.98. The summed E-state index contributed by atoms with van der Waals surface area (Å²) >= 11 is 0. The molecule has 0 unspecified atom stereocenters. The van der Waals surface area contributed by atoms with Gasteiger partial charge in [0.15, 0.2) is 0 Å². The van der Waals surface area contributed by atoms with Gasteiger partial charge >= 0.3 is 0 Å². The van der Waals surface area contributed by atoms with E-state index in [0.717, 1.165) is 29.6 Å². The van der Waals surface area contributed by atoms with Gasteiger partial charge in [0.05, 0.1) is 5.65 Å². The van der Waals surface area contributed by atoms with Crippen molar-refractivity contribution < 1.29 is 20.1 Å². The summed E-state index contributed by atoms with van der Waals surface area (Å²) in [7, 11) is 0. The molecule has 0 saturated heterocycles. The van der Waals surface area contributed by atoms with Crippen LogP contribution in [0.5, 0.6) is 0 Å². The van der Waals surface area contributed by atoms with Crippen molar-refractivity contribution in [1.82, 2.24) is 9.38 Å². The zero-order valence-corrected chi connectivity index (χ0v) is 20.2. The van der Waals surface area contributed by atoms with Gasteiger partial charge in [-0.3, -0.25) is 4.98 Å². The van der Waals surface area contributed by atoms with Crippen molar-refractivity contribution in [2.24, 2.45) is 0 Å². The average molecular weight is 570 g/mol. The van der Waals surface area contributed by atoms with Crippen LogP contribution in [0.1, 0.15) is 35.7 Å². The van der Waals surface area contributed by atoms with E-state index >= 15 is 0 Å². The number of hydrogen-bond acceptors (Lipinski definition) is 1. The summed E-state index contributed by atoms with van der Waals surface area (Å²) in [6.45, 7) is 8.80. The molecule has 2 aromatic heterocycles. The maximum absolute atomic E-state index is 5.03. The summed E-state index contributed by atoms with van der Waals surface area (Å²) < 4.78 is 2.28. The molecule has 5 rings (SSSR count). The molecule has 153 valence electrons. The van der Waals surface area contributed by atoms with Gasteiger partial charge in [0, 0.05) is 37.5 Å². The second-order valence-corrected chi connectivity index (χ2v) is 8.06. The molecule has 3 heteroatoms. The number of imidazole rings is 1. The number of hydrogen-bond donors (Lipinski definition) is 0. The number of para-hydroxylation sites is 1. The van der Waals surface area contributed by atoms with Gasteiger partial charge in [-0.2, -0.15) is 0 Å². The number of nitrogens with zero attached hydrogens (tertiary/aromatic N) is 2. The molecule has 30 heavy (non-hydrogen) atoms. The van der Waals surface area contributed by atoms with Gasteiger partial charge in [0.1, 0.15) is 0 Å². The SMILES string of the molecule is CCCc1cn2c(n1)c1[c-]ccc(-c3c(C)cccc3C)c1c1cccc(C)c12.[Ir]. The van der Waals surface area contributed by atoms with Crippen LogP contribution in [-0.4, -0.2) is 9.38 Å². The van der Waals surface area contributed by atoms with Gasteiger partial charge in [-0.05, 0) is 54.8 Å². The first kappa shape index (κ1) is 20.8. The monoisotopic (exact) mass is 570 g/mol. The topological polar surface area (TPSA) is 17.3 Å². The standard InChI is InChI=1S/C27H25N2.Ir/c1-5-9-20-16-29-26-19(4)12-7-14-22(26)25-21(13-8-15-23(25)27(29)28-20)24-17(2)10-6-11-18(24)3;/h6-8,10-14,16H,5,9H2,1-4H3;/q-1;. The fourth-order valence-corrected chi connectivity index (χ4v) is 4.74. The van der Waals surface area contributed by atoms with E-state index < -0.39 is 0 Å². The van der Waals surface area contributed by atoms with E-state index in [1.54, 1.807) is 0 Å². The Labute approximate surface area is 191 Å². The summed E-state index contributed by atoms with van der Waals surface area (Å²) in [5, 5.41) is 3.62. The van der Waals surface area contributed by atoms with Crippen LogP contribution in [0.4, 0.5) is 0 Å². The zero-order chi connectivity index (χ0) is 20.1. The molecule has 0 aliphatic carbocycles. The van der Waals surface area contributed by atoms with Crippen molar-refractivity contribution in [3.63, 3.8) is 0 Å². The van der Waals surface area contributed by atoms with Gasteiger partial charge < -0.3 is 4.40 Å². The summed E-state index contributed by atoms with van der Waals surface area (Å²) in [4.78, 5) is 5.03. The Morgan fingerprint density at radius 3 is 2.37 bits per heavy atom. The fraction of sp³-hybridized carbons (Fsp3) is 0.222. The van der Waals surface area contributed by atoms with Crippen LogP contribution in [0.3, 0.4) is 0 Å². The van der Waals surface area contributed by atoms with E-state index in [-0.39, 0.29) is 20.1 Å². The Bertz CT molecular complexity index is 1370. The number of aromatic nitrogens is 2. The molecule has 0 N–H and O–H groups in total. The number of fused-ring (bicyclic) bond motifs is 6. The van der Waals surface area contributed by atoms with Crippen molar-refractivity contribution in [1.29, 1.82) is 0 Å². The maximum atomic E-state index is 5.03. The van der Waals surface area contributed by atoms with E-state index in [1.165, 1.54) is 44.1 Å². The number of pyridine rings is 1. The molecule has 2 heterocycles. The van der Waals surface area contributed by atoms with Crippen LogP contribution < -0.4 is 0 Å². The molecule has 0 aliphatic rings. The fourth-order valence-electron chi connectivity index (χ4n) is 4.74. The Hall–Kier alpha value is -2.48. The second kappa shape index (κ2) is 7.98. The number of aryl methyl sites for hydroxylation is 4. The van der Waals surface area contributed by atoms with Gasteiger partial charge in [0.2, 0.25) is 0 Å². The van der Waals surface area contributed by atoms with Gasteiger partial charge in [-0.1, -0.05) is 66.1 Å². The largest absolute Gasteiger partial charge is 0.340 e. The number of rotatable bonds is 3. The smallest absolute Gasteiger partial charge is 0.0612 e. The average Bonchev–Trinajstić information content (AvgIpc) is 3.12. The van der Waals surface area contributed by atoms with Crippen LogP contribution >= 0.6 is 0 Å². The summed E-state index contributed by atoms with van der Waals surface area (Å²) in [5.74, 6) is 0. The van der Waals surface area contributed by atoms with Crippen molar-refractivity contribution in [2.75, 3.05) is 0 Å². The van der Waals surface area contributed by atoms with E-state index in [1.807, 2.05) is 0 Å². The van der Waals surface area contributed by atoms with E-state index in [4.69, 9.17) is 4.98 Å². The Kier molecular flexibility index (Phi) is 5.53. The minimum atomic E-state index is 0. The molecule has 0 bridgehead atoms. The van der Waals surface area contributed by atoms with Crippen molar-refractivity contribution in [3.05, 3.63) is 83.2 Å². The Morgan fingerprint density at radius 2 is 1.63 bits per heavy atom. The second-order valence-electron chi connectivity index (χ2n) is 8.06. The Morgan fingerprint density at radius 1 is 0.933 bits per heavy atom. The van der Waals surface area contributed by atoms with E-state index in [2.05, 4.69) is 92.9 Å². The molecular formula is C27H25IrN2-. The zero-order valence-electron chi connectivity index (χ0n) is 17.8. The van der Waals surface area contributed by atoms with Crippen LogP contribution in [0, 0.1) is 26.8 Å². The van der Waals surface area contributed by atoms with Gasteiger partial charge in [-0.25, -0.2) is 0 Å². The summed E-state index contributed by atoms with van der Waals surface area (Å²) in [5.41, 5.74) is 9.87. The Balaban J connectivity index is 0.00000218. The minimum absolute atomic E-state index is 0. The predicted molar refractivity (Wildman–Crippen MR) is 123 cm³/mol. The molecule has 2 nitrogen and oxygen atoms in total. The molecule has 3 aromatic carbocycles. The molecule has 1 radical (unpaired) electrons. The summed E-state index contributed by atoms with van der Waals surface area (Å²) in [6, 6.07) is 20.9. The molecule has 0 aliphatic heterocycles. The quantitative estimate of drug-likeness (QED) is 0.169. The summed E-state index contributed by atoms with van der Waals surface area (Å²) in [6.07, 6.45) is 4.30. The van der Waals surface area contributed by atoms with Gasteiger partial charge in [-0.15, -0.1) is 18.2 Å². The van der Waals surface area contributed by atoms with E-state index in [0.29, 0.717) is 0 Å². The molecule has 0 saturated carbocycles. The van der Waals surface area contributed by atoms with Crippen molar-refractivity contribution in [3.8, 4) is 11.1 Å². The molecular weight excluding hydrogens is 545 g/mol. The van der Waals surface area contributed by atoms with Crippen LogP contribution in [-0.2, 0) is 26.5 Å². The minimum Gasteiger partial charge on any atom is -0.340 e. The van der Waals surface area contributed by atoms with E-state index in [9.17, 15) is 0 Å². The predicted octanol–water partition coefficient (Wildman–Crippen LogP) is 6.98. The molecule has 0 atom stereocenters. The normalized spacial score (nSPS) is 11.3. The van der Waals surface area contributed by atoms with Crippen LogP contribution in [0.15, 0.2) is 54.7 Å². The van der Waals surface area contributed by atoms with Crippen molar-refractivity contribution in [2.45, 2.75) is 40.5 Å². The van der Waals surface area contributed by atoms with Crippen LogP contribution in [0.25, 0.3) is 38.4 Å². The molecule has 5 aromatic rings. The molecule has 0 spiro atoms. The van der Waals surface area contributed by atoms with Crippen LogP contribution in [0.2, 0.25) is 0 Å². The first-order valence-electron chi connectivity index (χ1n) is 10.4. The number of benzene rings is 3. The van der Waals surface area contributed by atoms with Crippen molar-refractivity contribution >= 4 is 27.3 Å². The van der Waals surface area contributed by atoms with Gasteiger partial charge in [0.25, 0.3) is 0 Å². The molecule has 0 fully saturated rings. The maximum Gasteiger partial charge on any atom is 0.0612 e. The molecule has 0 amide bonds. The first-order chi connectivity index (χ1) is 14.1. The third-order valence-electron chi connectivity index (χ3n) is 5.98. The third kappa shape index (κ3) is 3.09. The first-order valence-corrected chi connectivity index (χ1v) is 10.4.